The van der Waals surface area contributed by atoms with Crippen molar-refractivity contribution < 1.29 is 4.42 Å². The molecule has 0 spiro atoms. The number of fused-ring (bicyclic) bond motifs is 3. The van der Waals surface area contributed by atoms with Crippen molar-refractivity contribution in [2.45, 2.75) is 26.2 Å². The molecule has 5 heteroatoms. The highest BCUT2D eigenvalue weighted by Crippen LogP contribution is 2.36. The number of hydrogen-bond acceptors (Lipinski definition) is 5. The van der Waals surface area contributed by atoms with Gasteiger partial charge >= 0.3 is 0 Å². The number of rotatable bonds is 2. The van der Waals surface area contributed by atoms with Gasteiger partial charge in [0, 0.05) is 27.3 Å². The summed E-state index contributed by atoms with van der Waals surface area (Å²) in [4.78, 5) is 14.4. The van der Waals surface area contributed by atoms with Gasteiger partial charge in [-0.05, 0) is 36.4 Å². The van der Waals surface area contributed by atoms with Crippen LogP contribution in [-0.2, 0) is 5.41 Å². The third kappa shape index (κ3) is 3.32. The van der Waals surface area contributed by atoms with Crippen LogP contribution in [0.4, 0.5) is 0 Å². The molecule has 0 N–H and O–H groups in total. The third-order valence-electron chi connectivity index (χ3n) is 5.22. The van der Waals surface area contributed by atoms with E-state index in [1.165, 1.54) is 0 Å². The predicted octanol–water partition coefficient (Wildman–Crippen LogP) is 6.27. The number of para-hydroxylation sites is 1. The monoisotopic (exact) mass is 404 g/mol. The molecule has 0 bridgehead atoms. The Morgan fingerprint density at radius 3 is 2.23 bits per heavy atom. The number of nitriles is 1. The highest BCUT2D eigenvalue weighted by Gasteiger charge is 2.22. The highest BCUT2D eigenvalue weighted by molar-refractivity contribution is 6.11. The molecule has 5 nitrogen and oxygen atoms in total. The lowest BCUT2D eigenvalue weighted by molar-refractivity contribution is 0.543. The second-order valence-corrected chi connectivity index (χ2v) is 8.52. The largest absolute Gasteiger partial charge is 0.456 e. The molecule has 2 heterocycles. The lowest BCUT2D eigenvalue weighted by Crippen LogP contribution is -2.18. The van der Waals surface area contributed by atoms with Gasteiger partial charge in [0.2, 0.25) is 0 Å². The second kappa shape index (κ2) is 7.03. The summed E-state index contributed by atoms with van der Waals surface area (Å²) in [5.41, 5.74) is 3.73. The van der Waals surface area contributed by atoms with Gasteiger partial charge in [0.05, 0.1) is 11.6 Å². The van der Waals surface area contributed by atoms with E-state index >= 15 is 0 Å². The van der Waals surface area contributed by atoms with E-state index < -0.39 is 0 Å². The molecule has 0 aliphatic carbocycles. The Hall–Kier alpha value is -4.04. The molecular weight excluding hydrogens is 384 g/mol. The molecule has 0 saturated carbocycles. The van der Waals surface area contributed by atoms with Crippen LogP contribution in [0.3, 0.4) is 0 Å². The highest BCUT2D eigenvalue weighted by atomic mass is 16.3. The molecule has 0 radical (unpaired) electrons. The van der Waals surface area contributed by atoms with E-state index in [0.717, 1.165) is 33.1 Å². The van der Waals surface area contributed by atoms with Crippen molar-refractivity contribution in [3.63, 3.8) is 0 Å². The summed E-state index contributed by atoms with van der Waals surface area (Å²) in [5.74, 6) is 1.90. The van der Waals surface area contributed by atoms with Gasteiger partial charge < -0.3 is 4.42 Å². The number of benzene rings is 3. The van der Waals surface area contributed by atoms with Crippen LogP contribution >= 0.6 is 0 Å². The van der Waals surface area contributed by atoms with Crippen LogP contribution in [-0.4, -0.2) is 15.0 Å². The molecule has 150 valence electrons. The van der Waals surface area contributed by atoms with Gasteiger partial charge in [0.25, 0.3) is 0 Å². The van der Waals surface area contributed by atoms with E-state index in [4.69, 9.17) is 24.6 Å². The molecule has 5 rings (SSSR count). The number of aromatic nitrogens is 3. The zero-order valence-corrected chi connectivity index (χ0v) is 17.5. The van der Waals surface area contributed by atoms with Crippen molar-refractivity contribution in [2.75, 3.05) is 0 Å². The van der Waals surface area contributed by atoms with Gasteiger partial charge in [0.15, 0.2) is 11.6 Å². The van der Waals surface area contributed by atoms with Crippen LogP contribution in [0.25, 0.3) is 44.7 Å². The van der Waals surface area contributed by atoms with Crippen molar-refractivity contribution in [1.29, 1.82) is 5.26 Å². The summed E-state index contributed by atoms with van der Waals surface area (Å²) < 4.78 is 6.05. The lowest BCUT2D eigenvalue weighted by Gasteiger charge is -2.18. The van der Waals surface area contributed by atoms with Crippen LogP contribution in [0.2, 0.25) is 0 Å². The molecule has 5 aromatic rings. The predicted molar refractivity (Wildman–Crippen MR) is 121 cm³/mol. The second-order valence-electron chi connectivity index (χ2n) is 8.52. The summed E-state index contributed by atoms with van der Waals surface area (Å²) in [6.07, 6.45) is 0. The first kappa shape index (κ1) is 19.0. The molecule has 0 amide bonds. The maximum atomic E-state index is 9.11. The molecule has 0 aliphatic heterocycles. The average molecular weight is 404 g/mol. The average Bonchev–Trinajstić information content (AvgIpc) is 3.17. The zero-order chi connectivity index (χ0) is 21.6. The van der Waals surface area contributed by atoms with Gasteiger partial charge in [0.1, 0.15) is 17.0 Å². The van der Waals surface area contributed by atoms with Crippen molar-refractivity contribution in [1.82, 2.24) is 15.0 Å². The molecule has 0 fully saturated rings. The van der Waals surface area contributed by atoms with Crippen LogP contribution in [0.15, 0.2) is 71.1 Å². The Bertz CT molecular complexity index is 1470. The Labute approximate surface area is 180 Å². The Morgan fingerprint density at radius 1 is 0.774 bits per heavy atom. The maximum Gasteiger partial charge on any atom is 0.164 e. The molecular formula is C26H20N4O. The maximum absolute atomic E-state index is 9.11. The minimum absolute atomic E-state index is 0.259. The number of furan rings is 1. The minimum Gasteiger partial charge on any atom is -0.456 e. The Morgan fingerprint density at radius 2 is 1.48 bits per heavy atom. The normalized spacial score (nSPS) is 11.7. The van der Waals surface area contributed by atoms with Crippen LogP contribution in [0.1, 0.15) is 32.2 Å². The molecule has 0 saturated heterocycles. The zero-order valence-electron chi connectivity index (χ0n) is 17.5. The Balaban J connectivity index is 1.79. The number of nitrogens with zero attached hydrogens (tertiary/aromatic N) is 4. The summed E-state index contributed by atoms with van der Waals surface area (Å²) in [6.45, 7) is 6.26. The van der Waals surface area contributed by atoms with E-state index in [0.29, 0.717) is 23.0 Å². The van der Waals surface area contributed by atoms with Gasteiger partial charge in [-0.1, -0.05) is 51.1 Å². The van der Waals surface area contributed by atoms with E-state index in [9.17, 15) is 0 Å². The number of hydrogen-bond donors (Lipinski definition) is 0. The summed E-state index contributed by atoms with van der Waals surface area (Å²) in [5, 5.41) is 11.1. The topological polar surface area (TPSA) is 75.6 Å². The van der Waals surface area contributed by atoms with Crippen molar-refractivity contribution >= 4 is 21.9 Å². The molecule has 0 atom stereocenters. The van der Waals surface area contributed by atoms with E-state index in [2.05, 4.69) is 32.9 Å². The van der Waals surface area contributed by atoms with Gasteiger partial charge in [-0.3, -0.25) is 0 Å². The summed E-state index contributed by atoms with van der Waals surface area (Å²) in [6, 6.07) is 23.4. The van der Waals surface area contributed by atoms with Crippen molar-refractivity contribution in [3.05, 3.63) is 78.1 Å². The SMILES string of the molecule is CC(C)(C)c1nc(-c2ccc(C#N)cc2)nc(-c2cccc3oc4ccccc4c23)n1. The summed E-state index contributed by atoms with van der Waals surface area (Å²) >= 11 is 0. The van der Waals surface area contributed by atoms with Crippen molar-refractivity contribution in [3.8, 4) is 28.8 Å². The van der Waals surface area contributed by atoms with Crippen molar-refractivity contribution in [2.24, 2.45) is 0 Å². The fourth-order valence-electron chi connectivity index (χ4n) is 3.62. The van der Waals surface area contributed by atoms with E-state index in [1.807, 2.05) is 48.5 Å². The first-order chi connectivity index (χ1) is 14.9. The lowest BCUT2D eigenvalue weighted by atomic mass is 9.95. The first-order valence-corrected chi connectivity index (χ1v) is 10.1. The smallest absolute Gasteiger partial charge is 0.164 e. The van der Waals surface area contributed by atoms with E-state index in [-0.39, 0.29) is 5.41 Å². The van der Waals surface area contributed by atoms with Crippen LogP contribution in [0.5, 0.6) is 0 Å². The molecule has 2 aromatic heterocycles. The van der Waals surface area contributed by atoms with Crippen LogP contribution in [0, 0.1) is 11.3 Å². The van der Waals surface area contributed by atoms with E-state index in [1.54, 1.807) is 12.1 Å². The fraction of sp³-hybridized carbons (Fsp3) is 0.154. The van der Waals surface area contributed by atoms with Crippen LogP contribution < -0.4 is 0 Å². The minimum atomic E-state index is -0.259. The molecule has 0 unspecified atom stereocenters. The van der Waals surface area contributed by atoms with Gasteiger partial charge in [-0.15, -0.1) is 0 Å². The Kier molecular flexibility index (Phi) is 4.30. The first-order valence-electron chi connectivity index (χ1n) is 10.1. The quantitative estimate of drug-likeness (QED) is 0.346. The van der Waals surface area contributed by atoms with Gasteiger partial charge in [-0.2, -0.15) is 5.26 Å². The molecule has 0 aliphatic rings. The summed E-state index contributed by atoms with van der Waals surface area (Å²) in [7, 11) is 0. The van der Waals surface area contributed by atoms with Gasteiger partial charge in [-0.25, -0.2) is 15.0 Å². The molecule has 3 aromatic carbocycles. The third-order valence-corrected chi connectivity index (χ3v) is 5.22. The standard InChI is InChI=1S/C26H20N4O/c1-26(2,3)25-29-23(17-13-11-16(15-27)12-14-17)28-24(30-25)19-8-6-10-21-22(19)18-7-4-5-9-20(18)31-21/h4-14H,1-3H3. The fourth-order valence-corrected chi connectivity index (χ4v) is 3.62. The molecule has 31 heavy (non-hydrogen) atoms.